The Morgan fingerprint density at radius 2 is 2.00 bits per heavy atom. The number of benzene rings is 1. The van der Waals surface area contributed by atoms with E-state index in [1.165, 1.54) is 10.9 Å². The highest BCUT2D eigenvalue weighted by Gasteiger charge is 2.34. The standard InChI is InChI=1S/C24H25ClF3N5O/c1-15-4-3-11-32(21(15)10-8-19-7-5-17(14-29-19)24(26,27)28)23(34)20-12-18(25)6-9-22(20)33-30-13-16(2)31-33/h5-7,9,12-15,21H,3-4,8,10-11H2,1-2H3/t15-,21-/m1/s1. The Hall–Kier alpha value is -2.94. The Labute approximate surface area is 200 Å². The molecule has 2 aromatic heterocycles. The van der Waals surface area contributed by atoms with Gasteiger partial charge in [-0.3, -0.25) is 9.78 Å². The number of pyridine rings is 1. The Morgan fingerprint density at radius 3 is 2.65 bits per heavy atom. The van der Waals surface area contributed by atoms with Crippen molar-refractivity contribution in [3.63, 3.8) is 0 Å². The van der Waals surface area contributed by atoms with Crippen LogP contribution in [0.5, 0.6) is 0 Å². The molecule has 4 rings (SSSR count). The van der Waals surface area contributed by atoms with E-state index in [2.05, 4.69) is 22.1 Å². The molecule has 1 saturated heterocycles. The van der Waals surface area contributed by atoms with Crippen molar-refractivity contribution >= 4 is 17.5 Å². The molecule has 0 saturated carbocycles. The molecule has 6 nitrogen and oxygen atoms in total. The first-order chi connectivity index (χ1) is 16.1. The maximum Gasteiger partial charge on any atom is 0.417 e. The summed E-state index contributed by atoms with van der Waals surface area (Å²) in [6.07, 6.45) is 0.975. The molecule has 180 valence electrons. The molecule has 3 heterocycles. The van der Waals surface area contributed by atoms with Crippen LogP contribution in [0.15, 0.2) is 42.7 Å². The maximum absolute atomic E-state index is 13.7. The van der Waals surface area contributed by atoms with E-state index in [4.69, 9.17) is 11.6 Å². The van der Waals surface area contributed by atoms with Crippen molar-refractivity contribution in [3.8, 4) is 5.69 Å². The average molecular weight is 492 g/mol. The topological polar surface area (TPSA) is 63.9 Å². The zero-order chi connectivity index (χ0) is 24.5. The number of amides is 1. The molecule has 0 radical (unpaired) electrons. The van der Waals surface area contributed by atoms with E-state index in [9.17, 15) is 18.0 Å². The summed E-state index contributed by atoms with van der Waals surface area (Å²) in [5, 5.41) is 9.01. The van der Waals surface area contributed by atoms with Gasteiger partial charge in [-0.15, -0.1) is 0 Å². The summed E-state index contributed by atoms with van der Waals surface area (Å²) >= 11 is 6.23. The highest BCUT2D eigenvalue weighted by Crippen LogP contribution is 2.31. The SMILES string of the molecule is Cc1cnn(-c2ccc(Cl)cc2C(=O)N2CCC[C@@H](C)[C@H]2CCc2ccc(C(F)(F)F)cn2)n1. The molecule has 3 aromatic rings. The number of piperidine rings is 1. The van der Waals surface area contributed by atoms with Gasteiger partial charge in [0, 0.05) is 29.5 Å². The first-order valence-corrected chi connectivity index (χ1v) is 11.5. The Bertz CT molecular complexity index is 1160. The number of nitrogens with zero attached hydrogens (tertiary/aromatic N) is 5. The molecule has 1 aliphatic heterocycles. The molecule has 1 fully saturated rings. The van der Waals surface area contributed by atoms with Crippen LogP contribution in [0, 0.1) is 12.8 Å². The third-order valence-corrected chi connectivity index (χ3v) is 6.47. The molecule has 1 aliphatic rings. The minimum atomic E-state index is -4.41. The summed E-state index contributed by atoms with van der Waals surface area (Å²) in [6.45, 7) is 4.51. The van der Waals surface area contributed by atoms with Gasteiger partial charge in [0.2, 0.25) is 0 Å². The number of aromatic nitrogens is 4. The predicted molar refractivity (Wildman–Crippen MR) is 122 cm³/mol. The van der Waals surface area contributed by atoms with Crippen molar-refractivity contribution in [1.82, 2.24) is 24.9 Å². The van der Waals surface area contributed by atoms with E-state index >= 15 is 0 Å². The van der Waals surface area contributed by atoms with Crippen LogP contribution in [0.3, 0.4) is 0 Å². The van der Waals surface area contributed by atoms with Crippen molar-refractivity contribution in [2.45, 2.75) is 51.7 Å². The van der Waals surface area contributed by atoms with Gasteiger partial charge in [-0.2, -0.15) is 28.2 Å². The van der Waals surface area contributed by atoms with E-state index in [0.717, 1.165) is 30.8 Å². The third kappa shape index (κ3) is 5.24. The molecular formula is C24H25ClF3N5O. The maximum atomic E-state index is 13.7. The number of carbonyl (C=O) groups excluding carboxylic acids is 1. The zero-order valence-corrected chi connectivity index (χ0v) is 19.6. The predicted octanol–water partition coefficient (Wildman–Crippen LogP) is 5.52. The molecule has 0 aliphatic carbocycles. The first kappa shape index (κ1) is 24.2. The van der Waals surface area contributed by atoms with Gasteiger partial charge >= 0.3 is 6.18 Å². The lowest BCUT2D eigenvalue weighted by Gasteiger charge is -2.40. The van der Waals surface area contributed by atoms with Crippen molar-refractivity contribution in [3.05, 3.63) is 70.3 Å². The van der Waals surface area contributed by atoms with Crippen LogP contribution in [0.2, 0.25) is 5.02 Å². The quantitative estimate of drug-likeness (QED) is 0.471. The second-order valence-electron chi connectivity index (χ2n) is 8.70. The average Bonchev–Trinajstić information content (AvgIpc) is 3.23. The number of alkyl halides is 3. The first-order valence-electron chi connectivity index (χ1n) is 11.2. The van der Waals surface area contributed by atoms with Crippen LogP contribution in [-0.4, -0.2) is 43.4 Å². The van der Waals surface area contributed by atoms with E-state index in [0.29, 0.717) is 41.4 Å². The van der Waals surface area contributed by atoms with Crippen LogP contribution in [0.4, 0.5) is 13.2 Å². The molecule has 0 bridgehead atoms. The van der Waals surface area contributed by atoms with Crippen LogP contribution < -0.4 is 0 Å². The van der Waals surface area contributed by atoms with Crippen LogP contribution in [0.25, 0.3) is 5.69 Å². The summed E-state index contributed by atoms with van der Waals surface area (Å²) in [5.74, 6) is 0.0734. The highest BCUT2D eigenvalue weighted by molar-refractivity contribution is 6.31. The Kier molecular flexibility index (Phi) is 6.93. The van der Waals surface area contributed by atoms with E-state index in [-0.39, 0.29) is 17.9 Å². The van der Waals surface area contributed by atoms with Gasteiger partial charge in [0.1, 0.15) is 0 Å². The number of carbonyl (C=O) groups is 1. The fourth-order valence-corrected chi connectivity index (χ4v) is 4.61. The van der Waals surface area contributed by atoms with Gasteiger partial charge in [0.25, 0.3) is 5.91 Å². The lowest BCUT2D eigenvalue weighted by molar-refractivity contribution is -0.137. The van der Waals surface area contributed by atoms with E-state index in [1.54, 1.807) is 24.4 Å². The summed E-state index contributed by atoms with van der Waals surface area (Å²) in [6, 6.07) is 7.43. The number of likely N-dealkylation sites (tertiary alicyclic amines) is 1. The fourth-order valence-electron chi connectivity index (χ4n) is 4.44. The molecule has 1 aromatic carbocycles. The lowest BCUT2D eigenvalue weighted by atomic mass is 9.87. The molecule has 2 atom stereocenters. The number of halogens is 4. The minimum absolute atomic E-state index is 0.0792. The second-order valence-corrected chi connectivity index (χ2v) is 9.13. The number of rotatable bonds is 5. The Morgan fingerprint density at radius 1 is 1.21 bits per heavy atom. The Balaban J connectivity index is 1.57. The van der Waals surface area contributed by atoms with Gasteiger partial charge in [0.05, 0.1) is 28.7 Å². The smallest absolute Gasteiger partial charge is 0.335 e. The summed E-state index contributed by atoms with van der Waals surface area (Å²) in [7, 11) is 0. The van der Waals surface area contributed by atoms with Crippen LogP contribution in [0.1, 0.15) is 53.5 Å². The number of hydrogen-bond donors (Lipinski definition) is 0. The van der Waals surface area contributed by atoms with Crippen molar-refractivity contribution in [1.29, 1.82) is 0 Å². The van der Waals surface area contributed by atoms with Gasteiger partial charge in [-0.25, -0.2) is 0 Å². The zero-order valence-electron chi connectivity index (χ0n) is 18.9. The molecule has 34 heavy (non-hydrogen) atoms. The van der Waals surface area contributed by atoms with Crippen LogP contribution in [-0.2, 0) is 12.6 Å². The molecule has 0 spiro atoms. The largest absolute Gasteiger partial charge is 0.417 e. The van der Waals surface area contributed by atoms with Gasteiger partial charge in [-0.1, -0.05) is 18.5 Å². The van der Waals surface area contributed by atoms with Crippen LogP contribution >= 0.6 is 11.6 Å². The minimum Gasteiger partial charge on any atom is -0.335 e. The second kappa shape index (κ2) is 9.74. The van der Waals surface area contributed by atoms with Crippen molar-refractivity contribution < 1.29 is 18.0 Å². The molecule has 0 unspecified atom stereocenters. The summed E-state index contributed by atoms with van der Waals surface area (Å²) in [4.78, 5) is 21.0. The van der Waals surface area contributed by atoms with E-state index in [1.807, 2.05) is 11.8 Å². The monoisotopic (exact) mass is 491 g/mol. The van der Waals surface area contributed by atoms with Gasteiger partial charge in [0.15, 0.2) is 0 Å². The van der Waals surface area contributed by atoms with E-state index < -0.39 is 11.7 Å². The summed E-state index contributed by atoms with van der Waals surface area (Å²) in [5.41, 5.74) is 1.48. The fraction of sp³-hybridized carbons (Fsp3) is 0.417. The third-order valence-electron chi connectivity index (χ3n) is 6.24. The number of hydrogen-bond acceptors (Lipinski definition) is 4. The lowest BCUT2D eigenvalue weighted by Crippen LogP contribution is -2.48. The molecule has 0 N–H and O–H groups in total. The molecule has 1 amide bonds. The van der Waals surface area contributed by atoms with Gasteiger partial charge in [-0.05, 0) is 68.9 Å². The van der Waals surface area contributed by atoms with Crippen molar-refractivity contribution in [2.75, 3.05) is 6.54 Å². The normalized spacial score (nSPS) is 18.8. The highest BCUT2D eigenvalue weighted by atomic mass is 35.5. The molecule has 10 heteroatoms. The molecular weight excluding hydrogens is 467 g/mol. The van der Waals surface area contributed by atoms with Crippen molar-refractivity contribution in [2.24, 2.45) is 5.92 Å². The summed E-state index contributed by atoms with van der Waals surface area (Å²) < 4.78 is 38.5. The number of aryl methyl sites for hydroxylation is 2. The van der Waals surface area contributed by atoms with Gasteiger partial charge < -0.3 is 4.90 Å².